The van der Waals surface area contributed by atoms with Crippen LogP contribution >= 0.6 is 11.3 Å². The van der Waals surface area contributed by atoms with Crippen LogP contribution < -0.4 is 67.5 Å². The number of imidazole rings is 1. The quantitative estimate of drug-likeness (QED) is 0.211. The summed E-state index contributed by atoms with van der Waals surface area (Å²) in [6.07, 6.45) is 13.0. The number of carbonyl (C=O) groups excluding carboxylic acids is 1. The molecule has 1 aliphatic rings. The first-order valence-electron chi connectivity index (χ1n) is 12.7. The van der Waals surface area contributed by atoms with Crippen LogP contribution in [0.5, 0.6) is 0 Å². The summed E-state index contributed by atoms with van der Waals surface area (Å²) in [6, 6.07) is 5.69. The van der Waals surface area contributed by atoms with Crippen LogP contribution in [-0.4, -0.2) is 32.5 Å². The summed E-state index contributed by atoms with van der Waals surface area (Å²) in [5.74, 6) is 1.08. The molecule has 2 heterocycles. The molecule has 6 N–H and O–H groups in total. The number of ether oxygens (including phenoxy) is 1. The summed E-state index contributed by atoms with van der Waals surface area (Å²) in [5, 5.41) is 17.0. The minimum atomic E-state index is -1.70. The first-order chi connectivity index (χ1) is 17.2. The van der Waals surface area contributed by atoms with Gasteiger partial charge < -0.3 is 31.4 Å². The predicted octanol–water partition coefficient (Wildman–Crippen LogP) is 1.73. The number of hydrogen-bond donors (Lipinski definition) is 3. The van der Waals surface area contributed by atoms with E-state index in [9.17, 15) is 9.90 Å². The maximum absolute atomic E-state index is 12.7. The van der Waals surface area contributed by atoms with Gasteiger partial charge in [0.15, 0.2) is 0 Å². The van der Waals surface area contributed by atoms with Gasteiger partial charge in [0.05, 0.1) is 16.0 Å². The van der Waals surface area contributed by atoms with Crippen molar-refractivity contribution in [2.45, 2.75) is 90.4 Å². The van der Waals surface area contributed by atoms with Gasteiger partial charge in [-0.15, -0.1) is 11.3 Å². The Labute approximate surface area is 272 Å². The number of nitrogens with two attached hydrogens (primary N) is 1. The minimum absolute atomic E-state index is 0. The molecule has 1 aliphatic carbocycles. The van der Waals surface area contributed by atoms with Crippen LogP contribution in [0.15, 0.2) is 36.8 Å². The predicted molar refractivity (Wildman–Crippen MR) is 147 cm³/mol. The maximum Gasteiger partial charge on any atom is 1.00 e. The maximum atomic E-state index is 12.7. The molecule has 9 nitrogen and oxygen atoms in total. The Hall–Kier alpha value is -1.15. The number of H-pyrrole nitrogens is 1. The summed E-state index contributed by atoms with van der Waals surface area (Å²) in [4.78, 5) is 23.4. The molecule has 0 amide bonds. The van der Waals surface area contributed by atoms with Crippen molar-refractivity contribution in [3.05, 3.63) is 47.4 Å². The van der Waals surface area contributed by atoms with Crippen molar-refractivity contribution in [2.24, 2.45) is 5.73 Å². The molecule has 11 heteroatoms. The van der Waals surface area contributed by atoms with E-state index in [-0.39, 0.29) is 68.9 Å². The van der Waals surface area contributed by atoms with E-state index in [1.54, 1.807) is 23.7 Å². The summed E-state index contributed by atoms with van der Waals surface area (Å²) in [5.41, 5.74) is 6.45. The Morgan fingerprint density at radius 2 is 2.00 bits per heavy atom. The molecule has 0 bridgehead atoms. The molecule has 0 spiro atoms. The Bertz CT molecular complexity index is 1090. The molecule has 0 saturated heterocycles. The summed E-state index contributed by atoms with van der Waals surface area (Å²) in [6.45, 7) is 7.16. The number of nitrogens with one attached hydrogen (secondary N) is 2. The Morgan fingerprint density at radius 3 is 2.58 bits per heavy atom. The molecule has 0 aliphatic heterocycles. The fourth-order valence-corrected chi connectivity index (χ4v) is 5.32. The third-order valence-electron chi connectivity index (χ3n) is 5.88. The molecule has 0 radical (unpaired) electrons. The smallest absolute Gasteiger partial charge is 0.835 e. The van der Waals surface area contributed by atoms with Crippen LogP contribution in [0.2, 0.25) is 0 Å². The molecule has 38 heavy (non-hydrogen) atoms. The van der Waals surface area contributed by atoms with Gasteiger partial charge in [-0.25, -0.2) is 9.97 Å². The molecule has 204 valence electrons. The number of benzene rings is 1. The number of aromatic nitrogens is 3. The van der Waals surface area contributed by atoms with E-state index in [2.05, 4.69) is 20.3 Å². The molecule has 4 rings (SSSR count). The number of hydrogen-bond acceptors (Lipinski definition) is 8. The van der Waals surface area contributed by atoms with Crippen LogP contribution in [0, 0.1) is 0 Å². The van der Waals surface area contributed by atoms with Crippen molar-refractivity contribution in [3.8, 4) is 10.4 Å². The van der Waals surface area contributed by atoms with E-state index in [0.29, 0.717) is 23.9 Å². The first-order valence-corrected chi connectivity index (χ1v) is 13.5. The van der Waals surface area contributed by atoms with Gasteiger partial charge in [-0.2, -0.15) is 0 Å². The van der Waals surface area contributed by atoms with Gasteiger partial charge in [0.1, 0.15) is 0 Å². The fraction of sp³-hybridized carbons (Fsp3) is 0.519. The second-order valence-electron chi connectivity index (χ2n) is 9.62. The number of aromatic amines is 1. The van der Waals surface area contributed by atoms with Gasteiger partial charge in [-0.1, -0.05) is 39.2 Å². The summed E-state index contributed by atoms with van der Waals surface area (Å²) >= 11 is 1.69. The number of anilines is 2. The van der Waals surface area contributed by atoms with Crippen molar-refractivity contribution in [1.29, 1.82) is 0 Å². The molecule has 1 aromatic carbocycles. The topological polar surface area (TPSA) is 160 Å². The number of carbonyl (C=O) groups is 1. The van der Waals surface area contributed by atoms with E-state index < -0.39 is 5.72 Å². The average molecular weight is 570 g/mol. The second kappa shape index (κ2) is 16.8. The summed E-state index contributed by atoms with van der Waals surface area (Å²) in [7, 11) is 0. The number of nitrogens with zero attached hydrogens (tertiary/aromatic N) is 2. The van der Waals surface area contributed by atoms with E-state index >= 15 is 0 Å². The van der Waals surface area contributed by atoms with Gasteiger partial charge in [-0.3, -0.25) is 4.79 Å². The average Bonchev–Trinajstić information content (AvgIpc) is 3.52. The normalized spacial score (nSPS) is 14.8. The van der Waals surface area contributed by atoms with Crippen molar-refractivity contribution in [3.63, 3.8) is 0 Å². The monoisotopic (exact) mass is 569 g/mol. The zero-order chi connectivity index (χ0) is 26.1. The van der Waals surface area contributed by atoms with Gasteiger partial charge >= 0.3 is 57.4 Å². The molecular weight excluding hydrogens is 529 g/mol. The number of rotatable bonds is 8. The van der Waals surface area contributed by atoms with Crippen LogP contribution in [0.3, 0.4) is 0 Å². The van der Waals surface area contributed by atoms with Crippen molar-refractivity contribution in [2.75, 3.05) is 5.32 Å². The van der Waals surface area contributed by atoms with Gasteiger partial charge in [-0.05, 0) is 62.1 Å². The largest absolute Gasteiger partial charge is 1.00 e. The van der Waals surface area contributed by atoms with Crippen LogP contribution in [0.25, 0.3) is 10.4 Å². The Balaban J connectivity index is 0.000000571. The van der Waals surface area contributed by atoms with E-state index in [1.807, 2.05) is 45.2 Å². The molecule has 1 saturated carbocycles. The molecular formula is C27H40KN5O4S. The van der Waals surface area contributed by atoms with Crippen molar-refractivity contribution < 1.29 is 71.5 Å². The molecule has 1 fully saturated rings. The van der Waals surface area contributed by atoms with E-state index in [0.717, 1.165) is 22.5 Å². The number of esters is 1. The van der Waals surface area contributed by atoms with Crippen molar-refractivity contribution in [1.82, 2.24) is 15.0 Å². The van der Waals surface area contributed by atoms with Crippen LogP contribution in [-0.2, 0) is 15.3 Å². The van der Waals surface area contributed by atoms with Gasteiger partial charge in [0.25, 0.3) is 0 Å². The zero-order valence-electron chi connectivity index (χ0n) is 23.2. The SMILES string of the molecule is CC(N)([O-])c1cc(Nc2ncc[nH]2)ccc1-c1cnc(C2CCCCC2)s1.CCCC(=O)OC(C)C.O.[K+]. The Kier molecular flexibility index (Phi) is 15.5. The zero-order valence-corrected chi connectivity index (χ0v) is 27.1. The van der Waals surface area contributed by atoms with Gasteiger partial charge in [0.2, 0.25) is 5.95 Å². The molecule has 3 aromatic rings. The molecule has 1 unspecified atom stereocenters. The van der Waals surface area contributed by atoms with E-state index in [4.69, 9.17) is 10.5 Å². The summed E-state index contributed by atoms with van der Waals surface area (Å²) < 4.78 is 4.85. The second-order valence-corrected chi connectivity index (χ2v) is 10.7. The third-order valence-corrected chi connectivity index (χ3v) is 7.07. The van der Waals surface area contributed by atoms with Crippen LogP contribution in [0.4, 0.5) is 11.6 Å². The third kappa shape index (κ3) is 10.8. The van der Waals surface area contributed by atoms with Crippen LogP contribution in [0.1, 0.15) is 89.1 Å². The fourth-order valence-electron chi connectivity index (χ4n) is 4.19. The molecule has 1 atom stereocenters. The minimum Gasteiger partial charge on any atom is -0.835 e. The van der Waals surface area contributed by atoms with Crippen molar-refractivity contribution >= 4 is 28.9 Å². The van der Waals surface area contributed by atoms with E-state index in [1.165, 1.54) is 44.0 Å². The number of thiazole rings is 1. The first kappa shape index (κ1) is 34.9. The molecule has 2 aromatic heterocycles. The Morgan fingerprint density at radius 1 is 1.29 bits per heavy atom. The standard InChI is InChI=1S/C20H24N5OS.C7H14O2.K.H2O/c1-20(21,26)16-11-14(25-19-22-9-10-23-19)7-8-15(16)17-12-24-18(27-17)13-5-3-2-4-6-13;1-4-5-7(8)9-6(2)3;;/h7-13H,2-6,21H2,1H3,(H2,22,23,25);6H,4-5H2,1-3H3;;1H2/q-1;;+1;. The van der Waals surface area contributed by atoms with Gasteiger partial charge in [0, 0.05) is 36.6 Å².